The van der Waals surface area contributed by atoms with Crippen molar-refractivity contribution in [2.75, 3.05) is 13.7 Å². The maximum Gasteiger partial charge on any atom is 0.114 e. The molecule has 3 heteroatoms. The van der Waals surface area contributed by atoms with Gasteiger partial charge in [0.25, 0.3) is 0 Å². The minimum atomic E-state index is 0.532. The van der Waals surface area contributed by atoms with Crippen LogP contribution in [0.1, 0.15) is 5.56 Å². The first-order chi connectivity index (χ1) is 5.84. The lowest BCUT2D eigenvalue weighted by Gasteiger charge is -2.04. The van der Waals surface area contributed by atoms with Crippen LogP contribution in [0, 0.1) is 0 Å². The average molecular weight is 162 g/mol. The predicted molar refractivity (Wildman–Crippen MR) is 48.5 cm³/mol. The first-order valence-electron chi connectivity index (χ1n) is 3.83. The zero-order chi connectivity index (χ0) is 8.81. The summed E-state index contributed by atoms with van der Waals surface area (Å²) in [5.74, 6) is 0. The van der Waals surface area contributed by atoms with E-state index >= 15 is 0 Å². The topological polar surface area (TPSA) is 18.5 Å². The van der Waals surface area contributed by atoms with Gasteiger partial charge in [-0.2, -0.15) is 0 Å². The predicted octanol–water partition coefficient (Wildman–Crippen LogP) is 0.601. The van der Waals surface area contributed by atoms with E-state index in [1.165, 1.54) is 7.11 Å². The van der Waals surface area contributed by atoms with E-state index in [2.05, 4.69) is 4.89 Å². The summed E-state index contributed by atoms with van der Waals surface area (Å²) in [5, 5.41) is 0. The van der Waals surface area contributed by atoms with E-state index in [0.717, 1.165) is 17.4 Å². The molecule has 0 spiro atoms. The molecule has 0 aromatic heterocycles. The maximum absolute atomic E-state index is 5.71. The van der Waals surface area contributed by atoms with Crippen molar-refractivity contribution in [3.05, 3.63) is 29.8 Å². The van der Waals surface area contributed by atoms with Crippen molar-refractivity contribution in [3.63, 3.8) is 0 Å². The van der Waals surface area contributed by atoms with Crippen LogP contribution in [-0.4, -0.2) is 21.6 Å². The van der Waals surface area contributed by atoms with E-state index in [0.29, 0.717) is 6.61 Å². The molecule has 2 radical (unpaired) electrons. The minimum Gasteiger partial charge on any atom is -0.240 e. The van der Waals surface area contributed by atoms with Crippen LogP contribution in [0.4, 0.5) is 0 Å². The number of hydrogen-bond donors (Lipinski definition) is 0. The van der Waals surface area contributed by atoms with Crippen molar-refractivity contribution in [2.45, 2.75) is 6.42 Å². The molecule has 0 aliphatic carbocycles. The van der Waals surface area contributed by atoms with Gasteiger partial charge < -0.3 is 0 Å². The van der Waals surface area contributed by atoms with Gasteiger partial charge in [0, 0.05) is 0 Å². The van der Waals surface area contributed by atoms with Gasteiger partial charge in [-0.15, -0.1) is 0 Å². The van der Waals surface area contributed by atoms with Crippen molar-refractivity contribution in [1.82, 2.24) is 0 Å². The second-order valence-electron chi connectivity index (χ2n) is 2.44. The summed E-state index contributed by atoms with van der Waals surface area (Å²) >= 11 is 0. The molecular formula is C9H11BO2. The third-order valence-corrected chi connectivity index (χ3v) is 1.63. The fraction of sp³-hybridized carbons (Fsp3) is 0.333. The van der Waals surface area contributed by atoms with Crippen LogP contribution in [0.5, 0.6) is 0 Å². The summed E-state index contributed by atoms with van der Waals surface area (Å²) in [4.78, 5) is 9.20. The lowest BCUT2D eigenvalue weighted by Crippen LogP contribution is -2.11. The molecule has 0 fully saturated rings. The minimum absolute atomic E-state index is 0.532. The fourth-order valence-electron chi connectivity index (χ4n) is 0.997. The molecule has 0 saturated heterocycles. The van der Waals surface area contributed by atoms with Crippen molar-refractivity contribution in [3.8, 4) is 0 Å². The Kier molecular flexibility index (Phi) is 3.84. The number of benzene rings is 1. The second kappa shape index (κ2) is 4.96. The molecule has 0 aliphatic heterocycles. The Hall–Kier alpha value is -0.795. The Labute approximate surface area is 73.8 Å². The highest BCUT2D eigenvalue weighted by atomic mass is 17.2. The number of rotatable bonds is 4. The second-order valence-corrected chi connectivity index (χ2v) is 2.44. The van der Waals surface area contributed by atoms with Gasteiger partial charge in [0.2, 0.25) is 0 Å². The Balaban J connectivity index is 2.46. The maximum atomic E-state index is 5.71. The Morgan fingerprint density at radius 1 is 1.33 bits per heavy atom. The van der Waals surface area contributed by atoms with Gasteiger partial charge in [-0.05, 0) is 6.42 Å². The van der Waals surface area contributed by atoms with E-state index in [9.17, 15) is 0 Å². The van der Waals surface area contributed by atoms with Gasteiger partial charge in [-0.1, -0.05) is 35.3 Å². The first-order valence-corrected chi connectivity index (χ1v) is 3.83. The zero-order valence-electron chi connectivity index (χ0n) is 7.12. The monoisotopic (exact) mass is 162 g/mol. The summed E-state index contributed by atoms with van der Waals surface area (Å²) in [6.45, 7) is 0.532. The molecule has 62 valence electrons. The molecule has 0 aliphatic rings. The molecule has 0 N–H and O–H groups in total. The van der Waals surface area contributed by atoms with Crippen LogP contribution < -0.4 is 5.46 Å². The van der Waals surface area contributed by atoms with Crippen LogP contribution in [-0.2, 0) is 16.2 Å². The highest BCUT2D eigenvalue weighted by Crippen LogP contribution is 1.96. The molecule has 0 amide bonds. The van der Waals surface area contributed by atoms with Crippen molar-refractivity contribution in [1.29, 1.82) is 0 Å². The Morgan fingerprint density at radius 2 is 2.08 bits per heavy atom. The highest BCUT2D eigenvalue weighted by Gasteiger charge is 1.95. The van der Waals surface area contributed by atoms with Gasteiger partial charge in [-0.25, -0.2) is 9.78 Å². The SMILES string of the molecule is [B]c1ccccc1CCOOC. The molecule has 2 nitrogen and oxygen atoms in total. The third-order valence-electron chi connectivity index (χ3n) is 1.63. The Bertz CT molecular complexity index is 238. The molecular weight excluding hydrogens is 151 g/mol. The first kappa shape index (κ1) is 9.29. The average Bonchev–Trinajstić information content (AvgIpc) is 2.09. The van der Waals surface area contributed by atoms with Crippen molar-refractivity contribution in [2.24, 2.45) is 0 Å². The molecule has 0 unspecified atom stereocenters. The quantitative estimate of drug-likeness (QED) is 0.279. The van der Waals surface area contributed by atoms with Crippen LogP contribution in [0.3, 0.4) is 0 Å². The Morgan fingerprint density at radius 3 is 2.75 bits per heavy atom. The van der Waals surface area contributed by atoms with Gasteiger partial charge in [0.05, 0.1) is 13.7 Å². The lowest BCUT2D eigenvalue weighted by molar-refractivity contribution is -0.271. The van der Waals surface area contributed by atoms with E-state index in [1.54, 1.807) is 0 Å². The van der Waals surface area contributed by atoms with Crippen LogP contribution >= 0.6 is 0 Å². The van der Waals surface area contributed by atoms with Crippen molar-refractivity contribution < 1.29 is 9.78 Å². The molecule has 1 aromatic carbocycles. The molecule has 1 rings (SSSR count). The molecule has 0 saturated carbocycles. The largest absolute Gasteiger partial charge is 0.240 e. The summed E-state index contributed by atoms with van der Waals surface area (Å²) in [5.41, 5.74) is 1.90. The van der Waals surface area contributed by atoms with Gasteiger partial charge in [0.15, 0.2) is 0 Å². The van der Waals surface area contributed by atoms with Crippen LogP contribution in [0.2, 0.25) is 0 Å². The highest BCUT2D eigenvalue weighted by molar-refractivity contribution is 6.33. The zero-order valence-corrected chi connectivity index (χ0v) is 7.12. The fourth-order valence-corrected chi connectivity index (χ4v) is 0.997. The van der Waals surface area contributed by atoms with Gasteiger partial charge >= 0.3 is 0 Å². The normalized spacial score (nSPS) is 10.1. The molecule has 1 aromatic rings. The molecule has 0 atom stereocenters. The van der Waals surface area contributed by atoms with Crippen LogP contribution in [0.25, 0.3) is 0 Å². The standard InChI is InChI=1S/C9H11BO2/c1-11-12-7-6-8-4-2-3-5-9(8)10/h2-5H,6-7H2,1H3. The van der Waals surface area contributed by atoms with Gasteiger partial charge in [0.1, 0.15) is 7.85 Å². The molecule has 0 heterocycles. The summed E-state index contributed by atoms with van der Waals surface area (Å²) in [6, 6.07) is 7.73. The third kappa shape index (κ3) is 2.68. The summed E-state index contributed by atoms with van der Waals surface area (Å²) < 4.78 is 0. The lowest BCUT2D eigenvalue weighted by atomic mass is 9.89. The van der Waals surface area contributed by atoms with E-state index in [4.69, 9.17) is 12.7 Å². The van der Waals surface area contributed by atoms with E-state index < -0.39 is 0 Å². The summed E-state index contributed by atoms with van der Waals surface area (Å²) in [7, 11) is 7.20. The van der Waals surface area contributed by atoms with E-state index in [-0.39, 0.29) is 0 Å². The van der Waals surface area contributed by atoms with Crippen LogP contribution in [0.15, 0.2) is 24.3 Å². The smallest absolute Gasteiger partial charge is 0.114 e. The molecule has 12 heavy (non-hydrogen) atoms. The van der Waals surface area contributed by atoms with Gasteiger partial charge in [-0.3, -0.25) is 0 Å². The van der Waals surface area contributed by atoms with E-state index in [1.807, 2.05) is 24.3 Å². The van der Waals surface area contributed by atoms with Crippen molar-refractivity contribution >= 4 is 13.3 Å². The molecule has 0 bridgehead atoms. The summed E-state index contributed by atoms with van der Waals surface area (Å²) in [6.07, 6.45) is 0.778. The number of hydrogen-bond acceptors (Lipinski definition) is 2.